The van der Waals surface area contributed by atoms with E-state index in [1.807, 2.05) is 24.3 Å². The topological polar surface area (TPSA) is 49.8 Å². The zero-order valence-electron chi connectivity index (χ0n) is 12.8. The van der Waals surface area contributed by atoms with Gasteiger partial charge in [0.1, 0.15) is 5.82 Å². The van der Waals surface area contributed by atoms with Crippen molar-refractivity contribution in [2.24, 2.45) is 0 Å². The van der Waals surface area contributed by atoms with Gasteiger partial charge in [0.25, 0.3) is 0 Å². The summed E-state index contributed by atoms with van der Waals surface area (Å²) in [5, 5.41) is 7.67. The molecule has 1 fully saturated rings. The molecule has 0 unspecified atom stereocenters. The molecule has 0 aliphatic carbocycles. The quantitative estimate of drug-likeness (QED) is 0.906. The van der Waals surface area contributed by atoms with Gasteiger partial charge >= 0.3 is 0 Å². The predicted molar refractivity (Wildman–Crippen MR) is 91.4 cm³/mol. The largest absolute Gasteiger partial charge is 0.367 e. The van der Waals surface area contributed by atoms with E-state index in [9.17, 15) is 0 Å². The number of hydrogen-bond donors (Lipinski definition) is 2. The molecule has 0 saturated carbocycles. The minimum atomic E-state index is 0.485. The average molecular weight is 317 g/mol. The molecule has 3 rings (SSSR count). The maximum absolute atomic E-state index is 5.96. The molecule has 1 saturated heterocycles. The molecular weight excluding hydrogens is 296 g/mol. The smallest absolute Gasteiger partial charge is 0.161 e. The summed E-state index contributed by atoms with van der Waals surface area (Å²) in [5.41, 5.74) is 2.05. The van der Waals surface area contributed by atoms with Crippen LogP contribution in [0, 0.1) is 0 Å². The van der Waals surface area contributed by atoms with Gasteiger partial charge in [0.2, 0.25) is 0 Å². The first-order chi connectivity index (χ1) is 10.7. The Morgan fingerprint density at radius 3 is 2.59 bits per heavy atom. The van der Waals surface area contributed by atoms with E-state index in [1.54, 1.807) is 0 Å². The van der Waals surface area contributed by atoms with Crippen LogP contribution in [0.5, 0.6) is 0 Å². The Morgan fingerprint density at radius 1 is 1.18 bits per heavy atom. The lowest BCUT2D eigenvalue weighted by molar-refractivity contribution is 0.478. The molecule has 0 atom stereocenters. The van der Waals surface area contributed by atoms with Crippen molar-refractivity contribution in [1.29, 1.82) is 0 Å². The fourth-order valence-electron chi connectivity index (χ4n) is 2.66. The van der Waals surface area contributed by atoms with Crippen molar-refractivity contribution in [3.8, 4) is 11.4 Å². The molecule has 4 nitrogen and oxygen atoms in total. The molecule has 0 bridgehead atoms. The maximum atomic E-state index is 5.96. The van der Waals surface area contributed by atoms with Crippen LogP contribution in [0.25, 0.3) is 11.4 Å². The monoisotopic (exact) mass is 316 g/mol. The van der Waals surface area contributed by atoms with E-state index < -0.39 is 0 Å². The van der Waals surface area contributed by atoms with Gasteiger partial charge in [0, 0.05) is 28.4 Å². The van der Waals surface area contributed by atoms with Crippen LogP contribution in [0.3, 0.4) is 0 Å². The summed E-state index contributed by atoms with van der Waals surface area (Å²) in [6.07, 6.45) is 3.15. The summed E-state index contributed by atoms with van der Waals surface area (Å²) < 4.78 is 0. The Bertz CT molecular complexity index is 621. The number of anilines is 1. The number of aromatic nitrogens is 2. The van der Waals surface area contributed by atoms with Crippen LogP contribution in [0.15, 0.2) is 30.3 Å². The van der Waals surface area contributed by atoms with Crippen LogP contribution >= 0.6 is 11.6 Å². The molecule has 0 radical (unpaired) electrons. The van der Waals surface area contributed by atoms with Gasteiger partial charge in [-0.2, -0.15) is 0 Å². The average Bonchev–Trinajstić information content (AvgIpc) is 2.56. The third kappa shape index (κ3) is 3.76. The third-order valence-corrected chi connectivity index (χ3v) is 4.19. The van der Waals surface area contributed by atoms with Gasteiger partial charge in [-0.05, 0) is 56.6 Å². The molecule has 116 valence electrons. The van der Waals surface area contributed by atoms with Crippen molar-refractivity contribution < 1.29 is 0 Å². The van der Waals surface area contributed by atoms with E-state index in [1.165, 1.54) is 0 Å². The highest BCUT2D eigenvalue weighted by Crippen LogP contribution is 2.21. The lowest BCUT2D eigenvalue weighted by Crippen LogP contribution is -2.35. The van der Waals surface area contributed by atoms with Crippen LogP contribution in [-0.2, 0) is 6.42 Å². The van der Waals surface area contributed by atoms with Gasteiger partial charge in [-0.15, -0.1) is 0 Å². The Labute approximate surface area is 136 Å². The fraction of sp³-hybridized carbons (Fsp3) is 0.412. The Hall–Kier alpha value is -1.65. The van der Waals surface area contributed by atoms with Gasteiger partial charge in [-0.25, -0.2) is 9.97 Å². The first-order valence-corrected chi connectivity index (χ1v) is 8.23. The number of benzene rings is 1. The Morgan fingerprint density at radius 2 is 1.91 bits per heavy atom. The van der Waals surface area contributed by atoms with Gasteiger partial charge < -0.3 is 10.6 Å². The predicted octanol–water partition coefficient (Wildman–Crippen LogP) is 3.52. The lowest BCUT2D eigenvalue weighted by atomic mass is 10.1. The highest BCUT2D eigenvalue weighted by molar-refractivity contribution is 6.30. The molecule has 2 heterocycles. The van der Waals surface area contributed by atoms with E-state index in [2.05, 4.69) is 33.6 Å². The van der Waals surface area contributed by atoms with E-state index in [-0.39, 0.29) is 0 Å². The third-order valence-electron chi connectivity index (χ3n) is 3.94. The number of hydrogen-bond acceptors (Lipinski definition) is 4. The molecule has 0 spiro atoms. The summed E-state index contributed by atoms with van der Waals surface area (Å²) in [4.78, 5) is 9.33. The molecule has 1 aliphatic rings. The summed E-state index contributed by atoms with van der Waals surface area (Å²) in [7, 11) is 0. The first-order valence-electron chi connectivity index (χ1n) is 7.86. The maximum Gasteiger partial charge on any atom is 0.161 e. The van der Waals surface area contributed by atoms with Gasteiger partial charge in [-0.3, -0.25) is 0 Å². The highest BCUT2D eigenvalue weighted by atomic mass is 35.5. The van der Waals surface area contributed by atoms with Crippen LogP contribution in [0.4, 0.5) is 5.82 Å². The van der Waals surface area contributed by atoms with Crippen molar-refractivity contribution in [2.75, 3.05) is 18.4 Å². The molecular formula is C17H21ClN4. The minimum absolute atomic E-state index is 0.485. The van der Waals surface area contributed by atoms with Crippen LogP contribution in [0.1, 0.15) is 25.5 Å². The molecule has 0 amide bonds. The van der Waals surface area contributed by atoms with Gasteiger partial charge in [-0.1, -0.05) is 18.5 Å². The minimum Gasteiger partial charge on any atom is -0.367 e. The zero-order chi connectivity index (χ0) is 15.4. The Balaban J connectivity index is 1.86. The summed E-state index contributed by atoms with van der Waals surface area (Å²) in [6, 6.07) is 10.2. The van der Waals surface area contributed by atoms with Crippen molar-refractivity contribution in [3.05, 3.63) is 41.0 Å². The molecule has 1 aromatic heterocycles. The second-order valence-electron chi connectivity index (χ2n) is 5.60. The van der Waals surface area contributed by atoms with Crippen LogP contribution in [-0.4, -0.2) is 29.1 Å². The molecule has 22 heavy (non-hydrogen) atoms. The molecule has 5 heteroatoms. The van der Waals surface area contributed by atoms with Crippen LogP contribution < -0.4 is 10.6 Å². The highest BCUT2D eigenvalue weighted by Gasteiger charge is 2.14. The van der Waals surface area contributed by atoms with Crippen molar-refractivity contribution in [2.45, 2.75) is 32.2 Å². The summed E-state index contributed by atoms with van der Waals surface area (Å²) >= 11 is 5.96. The van der Waals surface area contributed by atoms with Gasteiger partial charge in [0.15, 0.2) is 5.82 Å². The van der Waals surface area contributed by atoms with E-state index >= 15 is 0 Å². The standard InChI is InChI=1S/C17H21ClN4/c1-2-14-11-16(20-15-7-9-19-10-8-15)22-17(21-14)12-3-5-13(18)6-4-12/h3-6,11,15,19H,2,7-10H2,1H3,(H,20,21,22). The second-order valence-corrected chi connectivity index (χ2v) is 6.03. The number of piperidine rings is 1. The van der Waals surface area contributed by atoms with Crippen molar-refractivity contribution >= 4 is 17.4 Å². The molecule has 1 aromatic carbocycles. The lowest BCUT2D eigenvalue weighted by Gasteiger charge is -2.24. The number of aryl methyl sites for hydroxylation is 1. The molecule has 1 aliphatic heterocycles. The van der Waals surface area contributed by atoms with Crippen LogP contribution in [0.2, 0.25) is 5.02 Å². The molecule has 2 aromatic rings. The fourth-order valence-corrected chi connectivity index (χ4v) is 2.78. The molecule has 2 N–H and O–H groups in total. The van der Waals surface area contributed by atoms with E-state index in [4.69, 9.17) is 11.6 Å². The zero-order valence-corrected chi connectivity index (χ0v) is 13.5. The first kappa shape index (κ1) is 15.3. The van der Waals surface area contributed by atoms with Crippen molar-refractivity contribution in [3.63, 3.8) is 0 Å². The SMILES string of the molecule is CCc1cc(NC2CCNCC2)nc(-c2ccc(Cl)cc2)n1. The number of nitrogens with one attached hydrogen (secondary N) is 2. The number of rotatable bonds is 4. The summed E-state index contributed by atoms with van der Waals surface area (Å²) in [6.45, 7) is 4.24. The summed E-state index contributed by atoms with van der Waals surface area (Å²) in [5.74, 6) is 1.68. The second kappa shape index (κ2) is 7.07. The normalized spacial score (nSPS) is 15.7. The number of nitrogens with zero attached hydrogens (tertiary/aromatic N) is 2. The van der Waals surface area contributed by atoms with E-state index in [0.717, 1.165) is 60.3 Å². The van der Waals surface area contributed by atoms with E-state index in [0.29, 0.717) is 6.04 Å². The van der Waals surface area contributed by atoms with Crippen molar-refractivity contribution in [1.82, 2.24) is 15.3 Å². The van der Waals surface area contributed by atoms with Gasteiger partial charge in [0.05, 0.1) is 0 Å². The Kier molecular flexibility index (Phi) is 4.90. The number of halogens is 1.